The Balaban J connectivity index is 4.45. The maximum Gasteiger partial charge on any atom is 0.306 e. The predicted molar refractivity (Wildman–Crippen MR) is 260 cm³/mol. The van der Waals surface area contributed by atoms with Crippen molar-refractivity contribution in [3.05, 3.63) is 109 Å². The lowest BCUT2D eigenvalue weighted by Crippen LogP contribution is -2.30. The zero-order chi connectivity index (χ0) is 44.4. The molecule has 0 rings (SSSR count). The smallest absolute Gasteiger partial charge is 0.306 e. The number of unbranched alkanes of at least 4 members (excludes halogenated alkanes) is 17. The van der Waals surface area contributed by atoms with Crippen molar-refractivity contribution in [2.24, 2.45) is 0 Å². The van der Waals surface area contributed by atoms with Gasteiger partial charge in [-0.1, -0.05) is 214 Å². The van der Waals surface area contributed by atoms with E-state index in [1.54, 1.807) is 0 Å². The monoisotopic (exact) mass is 845 g/mol. The van der Waals surface area contributed by atoms with Gasteiger partial charge in [0.05, 0.1) is 0 Å². The van der Waals surface area contributed by atoms with E-state index in [1.165, 1.54) is 51.4 Å². The molecule has 61 heavy (non-hydrogen) atoms. The number of carbonyl (C=O) groups is 3. The molecule has 6 heteroatoms. The standard InChI is InChI=1S/C55H88O6/c1-4-7-10-13-16-19-21-23-25-26-27-28-30-31-33-36-39-42-45-48-54(57)60-51-52(50-59-53(56)47-44-41-38-35-18-15-12-9-6-3)61-55(58)49-46-43-40-37-34-32-29-24-22-20-17-14-11-8-5-2/h7-8,10-11,14,16-17,19-20,22-25,27-29,32,34,52H,4-6,9,12-13,15,18,21,26,30-31,33,35-51H2,1-3H3/b10-7-,11-8-,17-14-,19-16-,22-20-,25-23-,28-27-,29-24-,34-32-. The van der Waals surface area contributed by atoms with E-state index in [-0.39, 0.29) is 37.5 Å². The molecular formula is C55H88O6. The van der Waals surface area contributed by atoms with Gasteiger partial charge in [0, 0.05) is 19.3 Å². The van der Waals surface area contributed by atoms with Gasteiger partial charge in [-0.3, -0.25) is 14.4 Å². The van der Waals surface area contributed by atoms with E-state index in [0.717, 1.165) is 103 Å². The van der Waals surface area contributed by atoms with Crippen LogP contribution in [0.15, 0.2) is 109 Å². The maximum atomic E-state index is 12.7. The van der Waals surface area contributed by atoms with E-state index in [0.29, 0.717) is 19.3 Å². The summed E-state index contributed by atoms with van der Waals surface area (Å²) in [6.07, 6.45) is 65.0. The number of carbonyl (C=O) groups excluding carboxylic acids is 3. The molecule has 0 amide bonds. The molecular weight excluding hydrogens is 757 g/mol. The maximum absolute atomic E-state index is 12.7. The lowest BCUT2D eigenvalue weighted by Gasteiger charge is -2.18. The highest BCUT2D eigenvalue weighted by Gasteiger charge is 2.19. The Morgan fingerprint density at radius 2 is 0.721 bits per heavy atom. The van der Waals surface area contributed by atoms with Crippen LogP contribution >= 0.6 is 0 Å². The molecule has 0 bridgehead atoms. The van der Waals surface area contributed by atoms with E-state index in [1.807, 2.05) is 48.6 Å². The first-order valence-corrected chi connectivity index (χ1v) is 24.5. The molecule has 0 aliphatic carbocycles. The Hall–Kier alpha value is -3.93. The van der Waals surface area contributed by atoms with Gasteiger partial charge in [0.2, 0.25) is 0 Å². The SMILES string of the molecule is CC\C=C/C=C\C=C/C=C\C=C/CCCCCC(=O)OC(COC(=O)CCCCCCCC/C=C\C/C=C\C/C=C\C/C=C\CC)COC(=O)CCCCCCCCCCC. The van der Waals surface area contributed by atoms with Crippen LogP contribution < -0.4 is 0 Å². The van der Waals surface area contributed by atoms with Crippen LogP contribution in [0.4, 0.5) is 0 Å². The lowest BCUT2D eigenvalue weighted by molar-refractivity contribution is -0.167. The highest BCUT2D eigenvalue weighted by atomic mass is 16.6. The molecule has 344 valence electrons. The van der Waals surface area contributed by atoms with Crippen LogP contribution in [0.25, 0.3) is 0 Å². The first-order chi connectivity index (χ1) is 30.0. The summed E-state index contributed by atoms with van der Waals surface area (Å²) in [5.74, 6) is -0.969. The molecule has 0 spiro atoms. The van der Waals surface area contributed by atoms with E-state index >= 15 is 0 Å². The fraction of sp³-hybridized carbons (Fsp3) is 0.618. The number of ether oxygens (including phenoxy) is 3. The van der Waals surface area contributed by atoms with Crippen molar-refractivity contribution in [2.45, 2.75) is 207 Å². The second-order valence-corrected chi connectivity index (χ2v) is 15.7. The highest BCUT2D eigenvalue weighted by Crippen LogP contribution is 2.13. The van der Waals surface area contributed by atoms with Crippen molar-refractivity contribution in [1.82, 2.24) is 0 Å². The van der Waals surface area contributed by atoms with Crippen LogP contribution in [0.2, 0.25) is 0 Å². The van der Waals surface area contributed by atoms with Crippen molar-refractivity contribution in [3.63, 3.8) is 0 Å². The van der Waals surface area contributed by atoms with Gasteiger partial charge >= 0.3 is 17.9 Å². The molecule has 0 aromatic heterocycles. The molecule has 1 unspecified atom stereocenters. The zero-order valence-corrected chi connectivity index (χ0v) is 39.1. The van der Waals surface area contributed by atoms with Crippen LogP contribution in [0.3, 0.4) is 0 Å². The minimum atomic E-state index is -0.805. The Labute approximate surface area is 374 Å². The highest BCUT2D eigenvalue weighted by molar-refractivity contribution is 5.71. The zero-order valence-electron chi connectivity index (χ0n) is 39.1. The summed E-state index contributed by atoms with van der Waals surface area (Å²) in [5.41, 5.74) is 0. The molecule has 0 saturated heterocycles. The molecule has 6 nitrogen and oxygen atoms in total. The second-order valence-electron chi connectivity index (χ2n) is 15.7. The molecule has 0 N–H and O–H groups in total. The first kappa shape index (κ1) is 57.1. The number of hydrogen-bond acceptors (Lipinski definition) is 6. The van der Waals surface area contributed by atoms with Gasteiger partial charge in [0.25, 0.3) is 0 Å². The van der Waals surface area contributed by atoms with E-state index in [9.17, 15) is 14.4 Å². The van der Waals surface area contributed by atoms with E-state index in [4.69, 9.17) is 14.2 Å². The van der Waals surface area contributed by atoms with Gasteiger partial charge in [-0.2, -0.15) is 0 Å². The van der Waals surface area contributed by atoms with Gasteiger partial charge in [0.15, 0.2) is 6.10 Å². The Morgan fingerprint density at radius 3 is 1.21 bits per heavy atom. The predicted octanol–water partition coefficient (Wildman–Crippen LogP) is 16.0. The quantitative estimate of drug-likeness (QED) is 0.0200. The lowest BCUT2D eigenvalue weighted by atomic mass is 10.1. The van der Waals surface area contributed by atoms with Gasteiger partial charge < -0.3 is 14.2 Å². The summed E-state index contributed by atoms with van der Waals surface area (Å²) in [4.78, 5) is 37.8. The van der Waals surface area contributed by atoms with Crippen molar-refractivity contribution in [1.29, 1.82) is 0 Å². The van der Waals surface area contributed by atoms with E-state index < -0.39 is 6.10 Å². The molecule has 0 saturated carbocycles. The summed E-state index contributed by atoms with van der Waals surface area (Å²) < 4.78 is 16.7. The molecule has 0 heterocycles. The minimum absolute atomic E-state index is 0.101. The fourth-order valence-corrected chi connectivity index (χ4v) is 6.28. The topological polar surface area (TPSA) is 78.9 Å². The van der Waals surface area contributed by atoms with Crippen LogP contribution in [0, 0.1) is 0 Å². The minimum Gasteiger partial charge on any atom is -0.462 e. The van der Waals surface area contributed by atoms with Gasteiger partial charge in [0.1, 0.15) is 13.2 Å². The average molecular weight is 845 g/mol. The molecule has 0 aromatic rings. The summed E-state index contributed by atoms with van der Waals surface area (Å²) in [6.45, 7) is 6.29. The molecule has 1 atom stereocenters. The molecule has 0 radical (unpaired) electrons. The van der Waals surface area contributed by atoms with E-state index in [2.05, 4.69) is 81.5 Å². The largest absolute Gasteiger partial charge is 0.462 e. The van der Waals surface area contributed by atoms with Crippen LogP contribution in [-0.4, -0.2) is 37.2 Å². The third kappa shape index (κ3) is 47.0. The van der Waals surface area contributed by atoms with Gasteiger partial charge in [-0.25, -0.2) is 0 Å². The first-order valence-electron chi connectivity index (χ1n) is 24.5. The fourth-order valence-electron chi connectivity index (χ4n) is 6.28. The summed E-state index contributed by atoms with van der Waals surface area (Å²) >= 11 is 0. The van der Waals surface area contributed by atoms with Crippen LogP contribution in [0.1, 0.15) is 201 Å². The third-order valence-electron chi connectivity index (χ3n) is 9.90. The van der Waals surface area contributed by atoms with Crippen molar-refractivity contribution in [2.75, 3.05) is 13.2 Å². The van der Waals surface area contributed by atoms with Crippen molar-refractivity contribution in [3.8, 4) is 0 Å². The Bertz CT molecular complexity index is 1290. The van der Waals surface area contributed by atoms with Crippen LogP contribution in [0.5, 0.6) is 0 Å². The third-order valence-corrected chi connectivity index (χ3v) is 9.90. The summed E-state index contributed by atoms with van der Waals surface area (Å²) in [6, 6.07) is 0. The molecule has 0 aromatic carbocycles. The molecule has 0 aliphatic heterocycles. The number of hydrogen-bond donors (Lipinski definition) is 0. The summed E-state index contributed by atoms with van der Waals surface area (Å²) in [7, 11) is 0. The molecule has 0 aliphatic rings. The average Bonchev–Trinajstić information content (AvgIpc) is 3.26. The van der Waals surface area contributed by atoms with Crippen LogP contribution in [-0.2, 0) is 28.6 Å². The van der Waals surface area contributed by atoms with Gasteiger partial charge in [-0.05, 0) is 77.0 Å². The van der Waals surface area contributed by atoms with Crippen molar-refractivity contribution < 1.29 is 28.6 Å². The molecule has 0 fully saturated rings. The summed E-state index contributed by atoms with van der Waals surface area (Å²) in [5, 5.41) is 0. The second kappa shape index (κ2) is 48.7. The number of esters is 3. The number of rotatable bonds is 42. The Morgan fingerprint density at radius 1 is 0.361 bits per heavy atom. The van der Waals surface area contributed by atoms with Gasteiger partial charge in [-0.15, -0.1) is 0 Å². The number of allylic oxidation sites excluding steroid dienone is 18. The Kier molecular flexibility index (Phi) is 45.6. The normalized spacial score (nSPS) is 13.0. The van der Waals surface area contributed by atoms with Crippen molar-refractivity contribution >= 4 is 17.9 Å².